The molecule has 0 bridgehead atoms. The van der Waals surface area contributed by atoms with E-state index in [1.807, 2.05) is 25.4 Å². The minimum atomic E-state index is 0.553. The molecular weight excluding hydrogens is 258 g/mol. The normalized spacial score (nSPS) is 15.1. The van der Waals surface area contributed by atoms with Crippen molar-refractivity contribution in [2.45, 2.75) is 19.8 Å². The largest absolute Gasteiger partial charge is 0.471 e. The summed E-state index contributed by atoms with van der Waals surface area (Å²) in [5.41, 5.74) is 2.01. The molecule has 0 radical (unpaired) electrons. The zero-order chi connectivity index (χ0) is 13.5. The van der Waals surface area contributed by atoms with Gasteiger partial charge in [0, 0.05) is 19.2 Å². The molecule has 0 N–H and O–H groups in total. The van der Waals surface area contributed by atoms with Crippen molar-refractivity contribution in [2.24, 2.45) is 0 Å². The first-order chi connectivity index (χ1) is 9.31. The molecular formula is C14H19N3OS. The lowest BCUT2D eigenvalue weighted by atomic mass is 10.1. The van der Waals surface area contributed by atoms with Crippen LogP contribution in [0, 0.1) is 0 Å². The Balaban J connectivity index is 1.98. The second kappa shape index (κ2) is 7.09. The fourth-order valence-electron chi connectivity index (χ4n) is 1.78. The van der Waals surface area contributed by atoms with Crippen LogP contribution in [-0.4, -0.2) is 33.8 Å². The molecule has 0 spiro atoms. The summed E-state index contributed by atoms with van der Waals surface area (Å²) in [6.07, 6.45) is 12.5. The van der Waals surface area contributed by atoms with Crippen LogP contribution in [0.2, 0.25) is 0 Å². The fraction of sp³-hybridized carbons (Fsp3) is 0.429. The first-order valence-corrected chi connectivity index (χ1v) is 7.22. The van der Waals surface area contributed by atoms with Gasteiger partial charge in [0.05, 0.1) is 11.7 Å². The van der Waals surface area contributed by atoms with E-state index in [0.29, 0.717) is 12.5 Å². The molecule has 0 saturated carbocycles. The zero-order valence-electron chi connectivity index (χ0n) is 11.4. The highest BCUT2D eigenvalue weighted by Gasteiger charge is 2.16. The summed E-state index contributed by atoms with van der Waals surface area (Å²) in [6, 6.07) is 0. The van der Waals surface area contributed by atoms with Crippen molar-refractivity contribution in [3.63, 3.8) is 0 Å². The maximum absolute atomic E-state index is 5.68. The second-order valence-corrected chi connectivity index (χ2v) is 4.97. The smallest absolute Gasteiger partial charge is 0.254 e. The molecule has 0 saturated heterocycles. The zero-order valence-corrected chi connectivity index (χ0v) is 12.2. The maximum Gasteiger partial charge on any atom is 0.254 e. The van der Waals surface area contributed by atoms with Gasteiger partial charge in [-0.05, 0) is 18.7 Å². The highest BCUT2D eigenvalue weighted by molar-refractivity contribution is 6.99. The number of hydrogen-bond donors (Lipinski definition) is 0. The highest BCUT2D eigenvalue weighted by atomic mass is 32.1. The summed E-state index contributed by atoms with van der Waals surface area (Å²) in [5.74, 6) is 0.640. The van der Waals surface area contributed by atoms with E-state index >= 15 is 0 Å². The predicted molar refractivity (Wildman–Crippen MR) is 79.2 cm³/mol. The van der Waals surface area contributed by atoms with Crippen LogP contribution in [0.5, 0.6) is 5.88 Å². The lowest BCUT2D eigenvalue weighted by molar-refractivity contribution is 0.349. The third-order valence-electron chi connectivity index (χ3n) is 2.76. The van der Waals surface area contributed by atoms with Crippen LogP contribution < -0.4 is 4.74 Å². The van der Waals surface area contributed by atoms with E-state index in [0.717, 1.165) is 30.7 Å². The minimum absolute atomic E-state index is 0.553. The van der Waals surface area contributed by atoms with Crippen LogP contribution in [0.15, 0.2) is 30.5 Å². The lowest BCUT2D eigenvalue weighted by Gasteiger charge is -2.18. The van der Waals surface area contributed by atoms with Crippen LogP contribution in [-0.2, 0) is 0 Å². The monoisotopic (exact) mass is 277 g/mol. The van der Waals surface area contributed by atoms with Gasteiger partial charge in [0.1, 0.15) is 12.3 Å². The minimum Gasteiger partial charge on any atom is -0.471 e. The fourth-order valence-corrected chi connectivity index (χ4v) is 2.32. The summed E-state index contributed by atoms with van der Waals surface area (Å²) in [5, 5.41) is 0. The molecule has 4 nitrogen and oxygen atoms in total. The number of hydrogen-bond acceptors (Lipinski definition) is 5. The van der Waals surface area contributed by atoms with E-state index in [-0.39, 0.29) is 0 Å². The molecule has 0 aliphatic carbocycles. The summed E-state index contributed by atoms with van der Waals surface area (Å²) in [7, 11) is 2.04. The predicted octanol–water partition coefficient (Wildman–Crippen LogP) is 3.12. The van der Waals surface area contributed by atoms with Crippen LogP contribution >= 0.6 is 11.7 Å². The number of aromatic nitrogens is 2. The Morgan fingerprint density at radius 3 is 3.11 bits per heavy atom. The van der Waals surface area contributed by atoms with Crippen LogP contribution in [0.3, 0.4) is 0 Å². The maximum atomic E-state index is 5.68. The molecule has 1 aromatic rings. The molecule has 1 aliphatic heterocycles. The van der Waals surface area contributed by atoms with Gasteiger partial charge in [0.25, 0.3) is 5.88 Å². The average molecular weight is 277 g/mol. The Morgan fingerprint density at radius 2 is 2.32 bits per heavy atom. The Morgan fingerprint density at radius 1 is 1.42 bits per heavy atom. The third-order valence-corrected chi connectivity index (χ3v) is 3.27. The molecule has 0 fully saturated rings. The van der Waals surface area contributed by atoms with Gasteiger partial charge in [-0.1, -0.05) is 31.6 Å². The van der Waals surface area contributed by atoms with Gasteiger partial charge in [-0.2, -0.15) is 4.37 Å². The Hall–Kier alpha value is -1.62. The van der Waals surface area contributed by atoms with Gasteiger partial charge in [0.2, 0.25) is 0 Å². The first kappa shape index (κ1) is 13.8. The molecule has 2 heterocycles. The molecule has 0 aromatic carbocycles. The van der Waals surface area contributed by atoms with Gasteiger partial charge < -0.3 is 9.64 Å². The van der Waals surface area contributed by atoms with Crippen molar-refractivity contribution < 1.29 is 4.74 Å². The number of unbranched alkanes of at least 4 members (excludes halogenated alkanes) is 1. The van der Waals surface area contributed by atoms with Crippen molar-refractivity contribution in [3.05, 3.63) is 36.2 Å². The molecule has 5 heteroatoms. The van der Waals surface area contributed by atoms with Crippen molar-refractivity contribution in [2.75, 3.05) is 20.2 Å². The van der Waals surface area contributed by atoms with E-state index in [1.165, 1.54) is 11.7 Å². The van der Waals surface area contributed by atoms with Crippen molar-refractivity contribution in [1.82, 2.24) is 13.6 Å². The number of ether oxygens (including phenoxy) is 1. The van der Waals surface area contributed by atoms with Crippen molar-refractivity contribution >= 4 is 17.3 Å². The Kier molecular flexibility index (Phi) is 5.15. The van der Waals surface area contributed by atoms with Gasteiger partial charge in [-0.3, -0.25) is 0 Å². The number of rotatable bonds is 6. The SMILES string of the molecule is CCC/C=C/COc1nsnc1C1=CC=CN(C)C1. The number of nitrogens with zero attached hydrogens (tertiary/aromatic N) is 3. The molecule has 19 heavy (non-hydrogen) atoms. The van der Waals surface area contributed by atoms with Crippen molar-refractivity contribution in [3.8, 4) is 5.88 Å². The van der Waals surface area contributed by atoms with Gasteiger partial charge in [-0.15, -0.1) is 4.37 Å². The van der Waals surface area contributed by atoms with Gasteiger partial charge >= 0.3 is 0 Å². The molecule has 2 rings (SSSR count). The number of allylic oxidation sites excluding steroid dienone is 3. The third kappa shape index (κ3) is 3.92. The van der Waals surface area contributed by atoms with E-state index in [4.69, 9.17) is 4.74 Å². The van der Waals surface area contributed by atoms with E-state index in [9.17, 15) is 0 Å². The molecule has 1 aromatic heterocycles. The quantitative estimate of drug-likeness (QED) is 0.749. The Labute approximate surface area is 118 Å². The first-order valence-electron chi connectivity index (χ1n) is 6.49. The van der Waals surface area contributed by atoms with E-state index in [1.54, 1.807) is 0 Å². The number of likely N-dealkylation sites (N-methyl/N-ethyl adjacent to an activating group) is 1. The molecule has 1 aliphatic rings. The van der Waals surface area contributed by atoms with Crippen LogP contribution in [0.25, 0.3) is 5.57 Å². The summed E-state index contributed by atoms with van der Waals surface area (Å²) in [4.78, 5) is 2.11. The van der Waals surface area contributed by atoms with Crippen LogP contribution in [0.1, 0.15) is 25.5 Å². The average Bonchev–Trinajstić information content (AvgIpc) is 2.87. The van der Waals surface area contributed by atoms with Gasteiger partial charge in [-0.25, -0.2) is 0 Å². The molecule has 102 valence electrons. The van der Waals surface area contributed by atoms with Crippen LogP contribution in [0.4, 0.5) is 0 Å². The molecule has 0 unspecified atom stereocenters. The van der Waals surface area contributed by atoms with Gasteiger partial charge in [0.15, 0.2) is 0 Å². The summed E-state index contributed by atoms with van der Waals surface area (Å²) in [6.45, 7) is 3.55. The molecule has 0 amide bonds. The topological polar surface area (TPSA) is 38.3 Å². The highest BCUT2D eigenvalue weighted by Crippen LogP contribution is 2.26. The van der Waals surface area contributed by atoms with E-state index < -0.39 is 0 Å². The van der Waals surface area contributed by atoms with Crippen molar-refractivity contribution in [1.29, 1.82) is 0 Å². The lowest BCUT2D eigenvalue weighted by Crippen LogP contribution is -2.16. The second-order valence-electron chi connectivity index (χ2n) is 4.44. The summed E-state index contributed by atoms with van der Waals surface area (Å²) < 4.78 is 14.2. The Bertz CT molecular complexity index is 491. The standard InChI is InChI=1S/C14H19N3OS/c1-3-4-5-6-10-18-14-13(15-19-16-14)12-8-7-9-17(2)11-12/h5-9H,3-4,10-11H2,1-2H3/b6-5+. The van der Waals surface area contributed by atoms with E-state index in [2.05, 4.69) is 32.7 Å². The summed E-state index contributed by atoms with van der Waals surface area (Å²) >= 11 is 1.20. The molecule has 0 atom stereocenters.